The lowest BCUT2D eigenvalue weighted by Gasteiger charge is -2.44. The van der Waals surface area contributed by atoms with Gasteiger partial charge in [0.15, 0.2) is 8.16 Å². The van der Waals surface area contributed by atoms with E-state index in [0.717, 1.165) is 10.1 Å². The van der Waals surface area contributed by atoms with Gasteiger partial charge in [-0.05, 0) is 55.4 Å². The first-order chi connectivity index (χ1) is 12.9. The molecule has 0 amide bonds. The Kier molecular flexibility index (Phi) is 6.15. The van der Waals surface area contributed by atoms with Crippen molar-refractivity contribution in [2.45, 2.75) is 98.5 Å². The van der Waals surface area contributed by atoms with Gasteiger partial charge in [-0.15, -0.1) is 0 Å². The standard InChI is InChI=1S/C16H32N2O8S4/c1-11(2)9-15(29(21,22)23,13(5,6)17(11)19)27-28-16(30(24,25)26)10-12(3,4)18(20)14(16,7)8/h19-20H,9-10H2,1-8H3,(H,21,22,23)(H,24,25,26). The summed E-state index contributed by atoms with van der Waals surface area (Å²) in [6.45, 7) is 12.1. The predicted molar refractivity (Wildman–Crippen MR) is 117 cm³/mol. The van der Waals surface area contributed by atoms with Gasteiger partial charge in [0.25, 0.3) is 20.2 Å². The van der Waals surface area contributed by atoms with E-state index in [4.69, 9.17) is 0 Å². The van der Waals surface area contributed by atoms with E-state index in [0.29, 0.717) is 21.6 Å². The summed E-state index contributed by atoms with van der Waals surface area (Å²) < 4.78 is 66.9. The molecule has 0 spiro atoms. The molecule has 2 unspecified atom stereocenters. The van der Waals surface area contributed by atoms with Crippen molar-refractivity contribution in [2.75, 3.05) is 0 Å². The van der Waals surface area contributed by atoms with Crippen LogP contribution in [-0.4, -0.2) is 76.8 Å². The van der Waals surface area contributed by atoms with Crippen LogP contribution >= 0.6 is 21.6 Å². The van der Waals surface area contributed by atoms with Crippen LogP contribution in [0.2, 0.25) is 0 Å². The number of hydrogen-bond donors (Lipinski definition) is 4. The van der Waals surface area contributed by atoms with Crippen LogP contribution in [0.1, 0.15) is 68.2 Å². The first-order valence-corrected chi connectivity index (χ1v) is 14.3. The number of hydroxylamine groups is 4. The van der Waals surface area contributed by atoms with Crippen LogP contribution in [0.3, 0.4) is 0 Å². The topological polar surface area (TPSA) is 156 Å². The van der Waals surface area contributed by atoms with Gasteiger partial charge in [0, 0.05) is 23.9 Å². The molecule has 2 rings (SSSR count). The molecule has 4 N–H and O–H groups in total. The molecule has 10 nitrogen and oxygen atoms in total. The van der Waals surface area contributed by atoms with Crippen molar-refractivity contribution in [1.29, 1.82) is 0 Å². The summed E-state index contributed by atoms with van der Waals surface area (Å²) in [5.41, 5.74) is -5.13. The van der Waals surface area contributed by atoms with Gasteiger partial charge in [0.1, 0.15) is 0 Å². The number of nitrogens with zero attached hydrogens (tertiary/aromatic N) is 2. The highest BCUT2D eigenvalue weighted by Gasteiger charge is 2.73. The van der Waals surface area contributed by atoms with Crippen LogP contribution in [0.15, 0.2) is 0 Å². The Hall–Kier alpha value is 0.360. The quantitative estimate of drug-likeness (QED) is 0.318. The molecule has 2 heterocycles. The van der Waals surface area contributed by atoms with Crippen molar-refractivity contribution >= 4 is 41.8 Å². The minimum atomic E-state index is -4.83. The second-order valence-electron chi connectivity index (χ2n) is 10.3. The maximum atomic E-state index is 12.6. The fourth-order valence-electron chi connectivity index (χ4n) is 4.85. The lowest BCUT2D eigenvalue weighted by atomic mass is 9.99. The Morgan fingerprint density at radius 3 is 1.00 bits per heavy atom. The molecule has 2 saturated heterocycles. The molecule has 2 aliphatic heterocycles. The van der Waals surface area contributed by atoms with Crippen molar-refractivity contribution in [3.63, 3.8) is 0 Å². The first kappa shape index (κ1) is 26.6. The van der Waals surface area contributed by atoms with Gasteiger partial charge in [-0.25, -0.2) is 0 Å². The van der Waals surface area contributed by atoms with E-state index in [1.165, 1.54) is 27.7 Å². The van der Waals surface area contributed by atoms with Gasteiger partial charge in [-0.3, -0.25) is 9.11 Å². The second-order valence-corrected chi connectivity index (χ2v) is 16.9. The van der Waals surface area contributed by atoms with Crippen LogP contribution < -0.4 is 0 Å². The normalized spacial score (nSPS) is 36.3. The van der Waals surface area contributed by atoms with E-state index in [-0.39, 0.29) is 12.8 Å². The van der Waals surface area contributed by atoms with E-state index in [1.54, 1.807) is 27.7 Å². The van der Waals surface area contributed by atoms with Crippen LogP contribution in [-0.2, 0) is 20.2 Å². The maximum Gasteiger partial charge on any atom is 0.283 e. The molecule has 0 aliphatic carbocycles. The summed E-state index contributed by atoms with van der Waals surface area (Å²) in [4.78, 5) is 0. The zero-order valence-electron chi connectivity index (χ0n) is 18.4. The largest absolute Gasteiger partial charge is 0.313 e. The van der Waals surface area contributed by atoms with Crippen molar-refractivity contribution in [3.8, 4) is 0 Å². The fraction of sp³-hybridized carbons (Fsp3) is 1.00. The summed E-state index contributed by atoms with van der Waals surface area (Å²) in [7, 11) is -8.50. The molecule has 0 aromatic heterocycles. The molecule has 30 heavy (non-hydrogen) atoms. The van der Waals surface area contributed by atoms with Gasteiger partial charge in [-0.2, -0.15) is 27.0 Å². The zero-order valence-corrected chi connectivity index (χ0v) is 21.6. The molecule has 0 saturated carbocycles. The molecule has 2 fully saturated rings. The molecule has 0 aromatic rings. The summed E-state index contributed by atoms with van der Waals surface area (Å²) in [5, 5.41) is 23.0. The molecule has 0 aromatic carbocycles. The van der Waals surface area contributed by atoms with Gasteiger partial charge in [0.05, 0.1) is 11.1 Å². The zero-order chi connectivity index (χ0) is 24.0. The van der Waals surface area contributed by atoms with E-state index in [9.17, 15) is 36.4 Å². The SMILES string of the molecule is CC1(C)CC(SSC2(S(=O)(=O)O)CC(C)(C)N(O)C2(C)C)(S(=O)(=O)O)C(C)(C)N1O. The highest BCUT2D eigenvalue weighted by atomic mass is 33.1. The molecular weight excluding hydrogens is 476 g/mol. The van der Waals surface area contributed by atoms with Crippen molar-refractivity contribution < 1.29 is 36.4 Å². The lowest BCUT2D eigenvalue weighted by Crippen LogP contribution is -2.58. The lowest BCUT2D eigenvalue weighted by molar-refractivity contribution is -0.192. The highest BCUT2D eigenvalue weighted by molar-refractivity contribution is 8.80. The molecule has 14 heteroatoms. The van der Waals surface area contributed by atoms with Crippen LogP contribution in [0.5, 0.6) is 0 Å². The molecule has 0 bridgehead atoms. The Morgan fingerprint density at radius 1 is 0.633 bits per heavy atom. The second kappa shape index (κ2) is 6.93. The highest BCUT2D eigenvalue weighted by Crippen LogP contribution is 2.66. The third-order valence-electron chi connectivity index (χ3n) is 6.54. The van der Waals surface area contributed by atoms with Crippen LogP contribution in [0, 0.1) is 0 Å². The summed E-state index contributed by atoms with van der Waals surface area (Å²) in [6.07, 6.45) is -0.428. The smallest absolute Gasteiger partial charge is 0.283 e. The van der Waals surface area contributed by atoms with E-state index in [2.05, 4.69) is 0 Å². The minimum absolute atomic E-state index is 0.214. The van der Waals surface area contributed by atoms with Crippen molar-refractivity contribution in [1.82, 2.24) is 10.1 Å². The molecule has 178 valence electrons. The average molecular weight is 509 g/mol. The van der Waals surface area contributed by atoms with E-state index >= 15 is 0 Å². The van der Waals surface area contributed by atoms with Crippen LogP contribution in [0.4, 0.5) is 0 Å². The van der Waals surface area contributed by atoms with Gasteiger partial charge < -0.3 is 10.4 Å². The van der Waals surface area contributed by atoms with E-state index < -0.39 is 50.6 Å². The summed E-state index contributed by atoms with van der Waals surface area (Å²) >= 11 is 0. The number of hydrogen-bond acceptors (Lipinski definition) is 10. The summed E-state index contributed by atoms with van der Waals surface area (Å²) in [6, 6.07) is 0. The van der Waals surface area contributed by atoms with E-state index in [1.807, 2.05) is 0 Å². The number of rotatable bonds is 5. The monoisotopic (exact) mass is 508 g/mol. The average Bonchev–Trinajstić information content (AvgIpc) is 2.75. The summed E-state index contributed by atoms with van der Waals surface area (Å²) in [5.74, 6) is 0. The maximum absolute atomic E-state index is 12.6. The first-order valence-electron chi connectivity index (χ1n) is 9.22. The Morgan fingerprint density at radius 2 is 0.867 bits per heavy atom. The molecule has 2 atom stereocenters. The third-order valence-corrected chi connectivity index (χ3v) is 15.8. The van der Waals surface area contributed by atoms with Crippen molar-refractivity contribution in [2.24, 2.45) is 0 Å². The van der Waals surface area contributed by atoms with Crippen molar-refractivity contribution in [3.05, 3.63) is 0 Å². The predicted octanol–water partition coefficient (Wildman–Crippen LogP) is 2.84. The fourth-order valence-corrected chi connectivity index (χ4v) is 14.3. The molecule has 0 radical (unpaired) electrons. The van der Waals surface area contributed by atoms with Gasteiger partial charge >= 0.3 is 0 Å². The Bertz CT molecular complexity index is 855. The van der Waals surface area contributed by atoms with Crippen LogP contribution in [0.25, 0.3) is 0 Å². The van der Waals surface area contributed by atoms with Gasteiger partial charge in [-0.1, -0.05) is 21.6 Å². The molecular formula is C16H32N2O8S4. The Balaban J connectivity index is 2.67. The molecule has 2 aliphatic rings. The van der Waals surface area contributed by atoms with Gasteiger partial charge in [0.2, 0.25) is 0 Å². The minimum Gasteiger partial charge on any atom is -0.313 e. The Labute approximate surface area is 186 Å². The third kappa shape index (κ3) is 3.37.